The standard InChI is InChI=1S/C12H24O2/c1-3-4-5-7-11(13)10-12(14-2)8-6-9-12/h11,13H,3-10H2,1-2H3. The van der Waals surface area contributed by atoms with Gasteiger partial charge < -0.3 is 9.84 Å². The second-order valence-electron chi connectivity index (χ2n) is 4.59. The van der Waals surface area contributed by atoms with Crippen molar-refractivity contribution in [2.24, 2.45) is 0 Å². The summed E-state index contributed by atoms with van der Waals surface area (Å²) in [6, 6.07) is 0. The molecule has 2 heteroatoms. The highest BCUT2D eigenvalue weighted by molar-refractivity contribution is 4.91. The van der Waals surface area contributed by atoms with Crippen molar-refractivity contribution >= 4 is 0 Å². The van der Waals surface area contributed by atoms with Crippen LogP contribution in [-0.4, -0.2) is 23.9 Å². The summed E-state index contributed by atoms with van der Waals surface area (Å²) < 4.78 is 5.49. The van der Waals surface area contributed by atoms with Gasteiger partial charge in [-0.1, -0.05) is 26.2 Å². The maximum Gasteiger partial charge on any atom is 0.0703 e. The van der Waals surface area contributed by atoms with Crippen LogP contribution in [0.4, 0.5) is 0 Å². The Labute approximate surface area is 87.7 Å². The van der Waals surface area contributed by atoms with Crippen molar-refractivity contribution in [1.29, 1.82) is 0 Å². The molecule has 1 atom stereocenters. The molecule has 1 fully saturated rings. The molecule has 0 aliphatic heterocycles. The lowest BCUT2D eigenvalue weighted by Crippen LogP contribution is -2.42. The number of hydrogen-bond donors (Lipinski definition) is 1. The summed E-state index contributed by atoms with van der Waals surface area (Å²) in [5, 5.41) is 9.83. The molecule has 84 valence electrons. The van der Waals surface area contributed by atoms with E-state index < -0.39 is 0 Å². The zero-order valence-corrected chi connectivity index (χ0v) is 9.59. The van der Waals surface area contributed by atoms with Gasteiger partial charge in [0.2, 0.25) is 0 Å². The quantitative estimate of drug-likeness (QED) is 0.640. The normalized spacial score (nSPS) is 21.6. The summed E-state index contributed by atoms with van der Waals surface area (Å²) >= 11 is 0. The van der Waals surface area contributed by atoms with E-state index in [1.165, 1.54) is 19.3 Å². The molecule has 1 rings (SSSR count). The monoisotopic (exact) mass is 200 g/mol. The van der Waals surface area contributed by atoms with E-state index in [4.69, 9.17) is 4.74 Å². The van der Waals surface area contributed by atoms with Crippen molar-refractivity contribution in [3.8, 4) is 0 Å². The first-order valence-corrected chi connectivity index (χ1v) is 5.95. The summed E-state index contributed by atoms with van der Waals surface area (Å²) in [4.78, 5) is 0. The predicted octanol–water partition coefficient (Wildman–Crippen LogP) is 2.89. The van der Waals surface area contributed by atoms with E-state index in [2.05, 4.69) is 6.92 Å². The molecule has 0 aromatic rings. The largest absolute Gasteiger partial charge is 0.393 e. The van der Waals surface area contributed by atoms with E-state index in [0.29, 0.717) is 0 Å². The van der Waals surface area contributed by atoms with Gasteiger partial charge in [0.25, 0.3) is 0 Å². The van der Waals surface area contributed by atoms with Crippen LogP contribution in [0.3, 0.4) is 0 Å². The third kappa shape index (κ3) is 3.25. The van der Waals surface area contributed by atoms with Gasteiger partial charge in [-0.25, -0.2) is 0 Å². The lowest BCUT2D eigenvalue weighted by atomic mass is 9.75. The molecular formula is C12H24O2. The summed E-state index contributed by atoms with van der Waals surface area (Å²) in [5.74, 6) is 0. The average molecular weight is 200 g/mol. The molecule has 1 unspecified atom stereocenters. The van der Waals surface area contributed by atoms with Crippen LogP contribution in [0.25, 0.3) is 0 Å². The zero-order chi connectivity index (χ0) is 10.4. The minimum atomic E-state index is -0.151. The molecule has 0 radical (unpaired) electrons. The maximum absolute atomic E-state index is 9.83. The number of rotatable bonds is 7. The molecule has 0 saturated heterocycles. The number of aliphatic hydroxyl groups excluding tert-OH is 1. The van der Waals surface area contributed by atoms with Gasteiger partial charge in [-0.2, -0.15) is 0 Å². The Bertz CT molecular complexity index is 147. The molecular weight excluding hydrogens is 176 g/mol. The fourth-order valence-electron chi connectivity index (χ4n) is 2.22. The van der Waals surface area contributed by atoms with Gasteiger partial charge in [-0.3, -0.25) is 0 Å². The second-order valence-corrected chi connectivity index (χ2v) is 4.59. The zero-order valence-electron chi connectivity index (χ0n) is 9.59. The highest BCUT2D eigenvalue weighted by atomic mass is 16.5. The van der Waals surface area contributed by atoms with E-state index in [1.807, 2.05) is 0 Å². The lowest BCUT2D eigenvalue weighted by molar-refractivity contribution is -0.100. The van der Waals surface area contributed by atoms with Crippen molar-refractivity contribution in [1.82, 2.24) is 0 Å². The van der Waals surface area contributed by atoms with Crippen LogP contribution >= 0.6 is 0 Å². The van der Waals surface area contributed by atoms with Crippen molar-refractivity contribution in [3.63, 3.8) is 0 Å². The van der Waals surface area contributed by atoms with E-state index in [0.717, 1.165) is 32.1 Å². The van der Waals surface area contributed by atoms with Crippen LogP contribution in [0, 0.1) is 0 Å². The number of hydrogen-bond acceptors (Lipinski definition) is 2. The molecule has 14 heavy (non-hydrogen) atoms. The van der Waals surface area contributed by atoms with E-state index in [9.17, 15) is 5.11 Å². The van der Waals surface area contributed by atoms with Gasteiger partial charge in [0.1, 0.15) is 0 Å². The highest BCUT2D eigenvalue weighted by Gasteiger charge is 2.38. The first-order chi connectivity index (χ1) is 6.72. The van der Waals surface area contributed by atoms with Gasteiger partial charge >= 0.3 is 0 Å². The molecule has 1 aliphatic rings. The molecule has 0 heterocycles. The van der Waals surface area contributed by atoms with Gasteiger partial charge in [-0.15, -0.1) is 0 Å². The van der Waals surface area contributed by atoms with Gasteiger partial charge in [0, 0.05) is 13.5 Å². The molecule has 1 saturated carbocycles. The topological polar surface area (TPSA) is 29.5 Å². The predicted molar refractivity (Wildman–Crippen MR) is 58.4 cm³/mol. The maximum atomic E-state index is 9.83. The number of unbranched alkanes of at least 4 members (excludes halogenated alkanes) is 2. The van der Waals surface area contributed by atoms with Crippen LogP contribution in [0.5, 0.6) is 0 Å². The molecule has 2 nitrogen and oxygen atoms in total. The molecule has 0 bridgehead atoms. The van der Waals surface area contributed by atoms with Gasteiger partial charge in [0.15, 0.2) is 0 Å². The number of aliphatic hydroxyl groups is 1. The van der Waals surface area contributed by atoms with Crippen LogP contribution in [0.1, 0.15) is 58.3 Å². The van der Waals surface area contributed by atoms with Crippen LogP contribution in [-0.2, 0) is 4.74 Å². The number of ether oxygens (including phenoxy) is 1. The second kappa shape index (κ2) is 5.72. The van der Waals surface area contributed by atoms with E-state index >= 15 is 0 Å². The Kier molecular flexibility index (Phi) is 4.90. The number of methoxy groups -OCH3 is 1. The Morgan fingerprint density at radius 3 is 2.50 bits per heavy atom. The minimum Gasteiger partial charge on any atom is -0.393 e. The van der Waals surface area contributed by atoms with Crippen molar-refractivity contribution < 1.29 is 9.84 Å². The van der Waals surface area contributed by atoms with Gasteiger partial charge in [-0.05, 0) is 25.7 Å². The third-order valence-electron chi connectivity index (χ3n) is 3.45. The summed E-state index contributed by atoms with van der Waals surface area (Å²) in [6.45, 7) is 2.19. The molecule has 0 aromatic carbocycles. The Morgan fingerprint density at radius 2 is 2.07 bits per heavy atom. The van der Waals surface area contributed by atoms with Crippen LogP contribution in [0.15, 0.2) is 0 Å². The van der Waals surface area contributed by atoms with E-state index in [1.54, 1.807) is 7.11 Å². The molecule has 0 spiro atoms. The molecule has 1 N–H and O–H groups in total. The SMILES string of the molecule is CCCCCC(O)CC1(OC)CCC1. The Balaban J connectivity index is 2.15. The van der Waals surface area contributed by atoms with Crippen LogP contribution in [0.2, 0.25) is 0 Å². The smallest absolute Gasteiger partial charge is 0.0703 e. The Hall–Kier alpha value is -0.0800. The highest BCUT2D eigenvalue weighted by Crippen LogP contribution is 2.39. The fourth-order valence-corrected chi connectivity index (χ4v) is 2.22. The fraction of sp³-hybridized carbons (Fsp3) is 1.00. The first kappa shape index (κ1) is 12.0. The first-order valence-electron chi connectivity index (χ1n) is 5.95. The minimum absolute atomic E-state index is 0.0334. The molecule has 1 aliphatic carbocycles. The van der Waals surface area contributed by atoms with Crippen LogP contribution < -0.4 is 0 Å². The third-order valence-corrected chi connectivity index (χ3v) is 3.45. The van der Waals surface area contributed by atoms with Gasteiger partial charge in [0.05, 0.1) is 11.7 Å². The average Bonchev–Trinajstić information content (AvgIpc) is 2.12. The Morgan fingerprint density at radius 1 is 1.36 bits per heavy atom. The summed E-state index contributed by atoms with van der Waals surface area (Å²) in [6.07, 6.45) is 8.77. The lowest BCUT2D eigenvalue weighted by Gasteiger charge is -2.41. The summed E-state index contributed by atoms with van der Waals surface area (Å²) in [5.41, 5.74) is 0.0334. The van der Waals surface area contributed by atoms with Crippen molar-refractivity contribution in [3.05, 3.63) is 0 Å². The van der Waals surface area contributed by atoms with E-state index in [-0.39, 0.29) is 11.7 Å². The van der Waals surface area contributed by atoms with Crippen molar-refractivity contribution in [2.75, 3.05) is 7.11 Å². The molecule has 0 aromatic heterocycles. The summed E-state index contributed by atoms with van der Waals surface area (Å²) in [7, 11) is 1.78. The molecule has 0 amide bonds. The van der Waals surface area contributed by atoms with Crippen molar-refractivity contribution in [2.45, 2.75) is 70.0 Å².